The Hall–Kier alpha value is -0.730. The van der Waals surface area contributed by atoms with E-state index in [1.165, 1.54) is 6.92 Å². The van der Waals surface area contributed by atoms with Gasteiger partial charge in [0.25, 0.3) is 0 Å². The van der Waals surface area contributed by atoms with Crippen LogP contribution in [0.3, 0.4) is 0 Å². The molecule has 0 bridgehead atoms. The Labute approximate surface area is 111 Å². The number of hydrogen-bond acceptors (Lipinski definition) is 7. The summed E-state index contributed by atoms with van der Waals surface area (Å²) in [5.41, 5.74) is 0. The van der Waals surface area contributed by atoms with E-state index in [1.807, 2.05) is 0 Å². The van der Waals surface area contributed by atoms with Gasteiger partial charge in [0.2, 0.25) is 0 Å². The first-order chi connectivity index (χ1) is 8.79. The number of carbonyl (C=O) groups is 1. The Morgan fingerprint density at radius 1 is 1.16 bits per heavy atom. The van der Waals surface area contributed by atoms with Gasteiger partial charge in [0.1, 0.15) is 24.4 Å². The number of hydrogen-bond donors (Lipinski definition) is 4. The fraction of sp³-hybridized carbons (Fsp3) is 0.917. The summed E-state index contributed by atoms with van der Waals surface area (Å²) in [6.45, 7) is 4.36. The highest BCUT2D eigenvalue weighted by Gasteiger charge is 2.47. The predicted molar refractivity (Wildman–Crippen MR) is 64.2 cm³/mol. The molecule has 0 aliphatic carbocycles. The smallest absolute Gasteiger partial charge is 0.311 e. The number of ether oxygens (including phenoxy) is 2. The van der Waals surface area contributed by atoms with Gasteiger partial charge in [-0.2, -0.15) is 0 Å². The van der Waals surface area contributed by atoms with E-state index in [4.69, 9.17) is 14.6 Å². The lowest BCUT2D eigenvalue weighted by atomic mass is 9.89. The van der Waals surface area contributed by atoms with Crippen LogP contribution in [0, 0.1) is 5.92 Å². The van der Waals surface area contributed by atoms with Crippen LogP contribution < -0.4 is 0 Å². The fourth-order valence-electron chi connectivity index (χ4n) is 2.02. The number of aliphatic hydroxyl groups excluding tert-OH is 4. The van der Waals surface area contributed by atoms with Gasteiger partial charge in [-0.05, 0) is 20.8 Å². The lowest BCUT2D eigenvalue weighted by Crippen LogP contribution is -2.60. The second kappa shape index (κ2) is 6.62. The van der Waals surface area contributed by atoms with Crippen LogP contribution in [0.15, 0.2) is 0 Å². The fourth-order valence-corrected chi connectivity index (χ4v) is 2.02. The molecule has 6 atom stereocenters. The van der Waals surface area contributed by atoms with Crippen LogP contribution in [0.5, 0.6) is 0 Å². The van der Waals surface area contributed by atoms with Gasteiger partial charge in [0.15, 0.2) is 0 Å². The van der Waals surface area contributed by atoms with Gasteiger partial charge in [0.05, 0.1) is 24.7 Å². The van der Waals surface area contributed by atoms with E-state index < -0.39 is 49.0 Å². The largest absolute Gasteiger partial charge is 0.463 e. The molecule has 1 rings (SSSR count). The van der Waals surface area contributed by atoms with Crippen LogP contribution in [0.1, 0.15) is 20.8 Å². The molecule has 0 aromatic rings. The van der Waals surface area contributed by atoms with Gasteiger partial charge >= 0.3 is 5.97 Å². The van der Waals surface area contributed by atoms with Crippen LogP contribution >= 0.6 is 0 Å². The zero-order chi connectivity index (χ0) is 14.7. The lowest BCUT2D eigenvalue weighted by Gasteiger charge is -2.41. The van der Waals surface area contributed by atoms with E-state index in [0.717, 1.165) is 0 Å². The van der Waals surface area contributed by atoms with E-state index >= 15 is 0 Å². The number of rotatable bonds is 4. The van der Waals surface area contributed by atoms with Crippen LogP contribution in [0.4, 0.5) is 0 Å². The van der Waals surface area contributed by atoms with Crippen molar-refractivity contribution in [2.75, 3.05) is 6.61 Å². The number of esters is 1. The minimum atomic E-state index is -1.48. The quantitative estimate of drug-likeness (QED) is 0.458. The molecule has 4 N–H and O–H groups in total. The maximum atomic E-state index is 11.8. The summed E-state index contributed by atoms with van der Waals surface area (Å²) in [6, 6.07) is 0. The summed E-state index contributed by atoms with van der Waals surface area (Å²) >= 11 is 0. The van der Waals surface area contributed by atoms with Gasteiger partial charge in [0, 0.05) is 0 Å². The molecule has 1 aliphatic heterocycles. The molecule has 2 unspecified atom stereocenters. The highest BCUT2D eigenvalue weighted by atomic mass is 16.6. The zero-order valence-electron chi connectivity index (χ0n) is 11.3. The van der Waals surface area contributed by atoms with Crippen LogP contribution in [-0.4, -0.2) is 69.6 Å². The molecule has 7 heteroatoms. The first kappa shape index (κ1) is 16.3. The first-order valence-corrected chi connectivity index (χ1v) is 6.30. The second-order valence-corrected chi connectivity index (χ2v) is 5.07. The maximum Gasteiger partial charge on any atom is 0.311 e. The molecule has 0 amide bonds. The van der Waals surface area contributed by atoms with Crippen molar-refractivity contribution in [2.45, 2.75) is 57.4 Å². The van der Waals surface area contributed by atoms with Gasteiger partial charge < -0.3 is 29.9 Å². The maximum absolute atomic E-state index is 11.8. The Balaban J connectivity index is 2.77. The molecule has 0 spiro atoms. The SMILES string of the molecule is CC(C)OC(=O)C(C)C1O[C@H](CO)[C@@H](O)[C@H](O)[C@H]1O. The van der Waals surface area contributed by atoms with Crippen LogP contribution in [0.2, 0.25) is 0 Å². The van der Waals surface area contributed by atoms with Gasteiger partial charge in [-0.1, -0.05) is 0 Å². The molecule has 112 valence electrons. The Morgan fingerprint density at radius 3 is 2.21 bits per heavy atom. The Kier molecular flexibility index (Phi) is 5.69. The van der Waals surface area contributed by atoms with E-state index in [9.17, 15) is 20.1 Å². The molecule has 1 fully saturated rings. The van der Waals surface area contributed by atoms with Crippen LogP contribution in [0.25, 0.3) is 0 Å². The van der Waals surface area contributed by atoms with Gasteiger partial charge in [-0.25, -0.2) is 0 Å². The first-order valence-electron chi connectivity index (χ1n) is 6.30. The van der Waals surface area contributed by atoms with Gasteiger partial charge in [-0.3, -0.25) is 4.79 Å². The Bertz CT molecular complexity index is 304. The van der Waals surface area contributed by atoms with Crippen molar-refractivity contribution in [1.29, 1.82) is 0 Å². The van der Waals surface area contributed by atoms with Crippen molar-refractivity contribution in [3.63, 3.8) is 0 Å². The molecular formula is C12H22O7. The van der Waals surface area contributed by atoms with Crippen molar-refractivity contribution in [1.82, 2.24) is 0 Å². The summed E-state index contributed by atoms with van der Waals surface area (Å²) in [5, 5.41) is 38.2. The summed E-state index contributed by atoms with van der Waals surface area (Å²) in [5.74, 6) is -1.40. The van der Waals surface area contributed by atoms with E-state index in [-0.39, 0.29) is 6.10 Å². The summed E-state index contributed by atoms with van der Waals surface area (Å²) in [6.07, 6.45) is -6.69. The summed E-state index contributed by atoms with van der Waals surface area (Å²) in [4.78, 5) is 11.8. The summed E-state index contributed by atoms with van der Waals surface area (Å²) in [7, 11) is 0. The molecule has 1 aliphatic rings. The summed E-state index contributed by atoms with van der Waals surface area (Å²) < 4.78 is 10.3. The van der Waals surface area contributed by atoms with E-state index in [0.29, 0.717) is 0 Å². The monoisotopic (exact) mass is 278 g/mol. The third-order valence-corrected chi connectivity index (χ3v) is 3.15. The topological polar surface area (TPSA) is 116 Å². The van der Waals surface area contributed by atoms with Crippen molar-refractivity contribution >= 4 is 5.97 Å². The minimum absolute atomic E-state index is 0.306. The molecule has 1 saturated heterocycles. The zero-order valence-corrected chi connectivity index (χ0v) is 11.3. The van der Waals surface area contributed by atoms with Crippen molar-refractivity contribution < 1.29 is 34.7 Å². The van der Waals surface area contributed by atoms with Gasteiger partial charge in [-0.15, -0.1) is 0 Å². The van der Waals surface area contributed by atoms with Crippen molar-refractivity contribution in [3.8, 4) is 0 Å². The molecule has 0 aromatic carbocycles. The Morgan fingerprint density at radius 2 is 1.74 bits per heavy atom. The average molecular weight is 278 g/mol. The van der Waals surface area contributed by atoms with E-state index in [2.05, 4.69) is 0 Å². The van der Waals surface area contributed by atoms with Crippen molar-refractivity contribution in [2.24, 2.45) is 5.92 Å². The third kappa shape index (κ3) is 3.64. The standard InChI is InChI=1S/C12H22O7/c1-5(2)18-12(17)6(3)11-10(16)9(15)8(14)7(4-13)19-11/h5-11,13-16H,4H2,1-3H3/t6?,7-,8-,9+,10-,11?/m1/s1. The predicted octanol–water partition coefficient (Wildman–Crippen LogP) is -1.58. The lowest BCUT2D eigenvalue weighted by molar-refractivity contribution is -0.241. The normalized spacial score (nSPS) is 37.2. The molecule has 0 aromatic heterocycles. The highest BCUT2D eigenvalue weighted by molar-refractivity contribution is 5.73. The highest BCUT2D eigenvalue weighted by Crippen LogP contribution is 2.26. The minimum Gasteiger partial charge on any atom is -0.463 e. The molecule has 19 heavy (non-hydrogen) atoms. The number of carbonyl (C=O) groups excluding carboxylic acids is 1. The van der Waals surface area contributed by atoms with E-state index in [1.54, 1.807) is 13.8 Å². The third-order valence-electron chi connectivity index (χ3n) is 3.15. The molecule has 0 saturated carbocycles. The molecule has 1 heterocycles. The van der Waals surface area contributed by atoms with Crippen LogP contribution in [-0.2, 0) is 14.3 Å². The molecular weight excluding hydrogens is 256 g/mol. The molecule has 0 radical (unpaired) electrons. The second-order valence-electron chi connectivity index (χ2n) is 5.07. The number of aliphatic hydroxyl groups is 4. The molecule has 7 nitrogen and oxygen atoms in total. The van der Waals surface area contributed by atoms with Crippen molar-refractivity contribution in [3.05, 3.63) is 0 Å². The average Bonchev–Trinajstić information content (AvgIpc) is 2.35.